The summed E-state index contributed by atoms with van der Waals surface area (Å²) in [6.07, 6.45) is 7.44. The third-order valence-electron chi connectivity index (χ3n) is 5.67. The molecule has 31 heavy (non-hydrogen) atoms. The second kappa shape index (κ2) is 10.3. The lowest BCUT2D eigenvalue weighted by Gasteiger charge is -2.32. The van der Waals surface area contributed by atoms with Crippen LogP contribution in [0.2, 0.25) is 10.0 Å². The molecule has 5 nitrogen and oxygen atoms in total. The number of amides is 1. The SMILES string of the molecule is O=C(NCc1cccc(Cn2ccnc2)c1)C1CCCN(Cc2ccc(Cl)cc2Cl)C1. The molecule has 1 aliphatic heterocycles. The molecule has 1 fully saturated rings. The van der Waals surface area contributed by atoms with E-state index in [2.05, 4.69) is 27.3 Å². The normalized spacial score (nSPS) is 16.9. The Hall–Kier alpha value is -2.34. The van der Waals surface area contributed by atoms with Gasteiger partial charge in [-0.05, 0) is 48.2 Å². The molecule has 1 saturated heterocycles. The molecule has 2 aromatic carbocycles. The van der Waals surface area contributed by atoms with Crippen LogP contribution in [0.1, 0.15) is 29.5 Å². The summed E-state index contributed by atoms with van der Waals surface area (Å²) in [6.45, 7) is 3.75. The molecule has 1 aromatic heterocycles. The van der Waals surface area contributed by atoms with Crippen LogP contribution in [0.4, 0.5) is 0 Å². The summed E-state index contributed by atoms with van der Waals surface area (Å²) < 4.78 is 2.03. The van der Waals surface area contributed by atoms with E-state index in [4.69, 9.17) is 23.2 Å². The van der Waals surface area contributed by atoms with Gasteiger partial charge in [0.1, 0.15) is 0 Å². The van der Waals surface area contributed by atoms with Crippen molar-refractivity contribution in [3.63, 3.8) is 0 Å². The van der Waals surface area contributed by atoms with Crippen LogP contribution in [0.3, 0.4) is 0 Å². The van der Waals surface area contributed by atoms with Gasteiger partial charge in [-0.1, -0.05) is 53.5 Å². The number of nitrogens with zero attached hydrogens (tertiary/aromatic N) is 3. The highest BCUT2D eigenvalue weighted by molar-refractivity contribution is 6.35. The Morgan fingerprint density at radius 2 is 2.00 bits per heavy atom. The first-order valence-electron chi connectivity index (χ1n) is 10.5. The Bertz CT molecular complexity index is 1020. The lowest BCUT2D eigenvalue weighted by atomic mass is 9.96. The summed E-state index contributed by atoms with van der Waals surface area (Å²) in [5.74, 6) is 0.112. The molecule has 0 bridgehead atoms. The van der Waals surface area contributed by atoms with Crippen LogP contribution >= 0.6 is 23.2 Å². The van der Waals surface area contributed by atoms with Crippen LogP contribution in [0.5, 0.6) is 0 Å². The number of rotatable bonds is 7. The number of benzene rings is 2. The fourth-order valence-electron chi connectivity index (χ4n) is 4.07. The molecule has 1 N–H and O–H groups in total. The molecule has 0 spiro atoms. The molecule has 1 amide bonds. The number of imidazole rings is 1. The Labute approximate surface area is 193 Å². The van der Waals surface area contributed by atoms with Gasteiger partial charge in [0.05, 0.1) is 12.2 Å². The molecular weight excluding hydrogens is 431 g/mol. The van der Waals surface area contributed by atoms with Crippen molar-refractivity contribution >= 4 is 29.1 Å². The Morgan fingerprint density at radius 1 is 1.13 bits per heavy atom. The number of piperidine rings is 1. The van der Waals surface area contributed by atoms with Crippen molar-refractivity contribution in [3.05, 3.63) is 87.9 Å². The van der Waals surface area contributed by atoms with Crippen LogP contribution in [0.25, 0.3) is 0 Å². The van der Waals surface area contributed by atoms with E-state index < -0.39 is 0 Å². The van der Waals surface area contributed by atoms with Crippen molar-refractivity contribution in [2.45, 2.75) is 32.5 Å². The summed E-state index contributed by atoms with van der Waals surface area (Å²) in [5.41, 5.74) is 3.34. The van der Waals surface area contributed by atoms with E-state index in [0.717, 1.165) is 50.1 Å². The number of likely N-dealkylation sites (tertiary alicyclic amines) is 1. The standard InChI is InChI=1S/C24H26Cl2N4O/c25-22-7-6-20(23(26)12-22)15-29-9-2-5-21(16-29)24(31)28-13-18-3-1-4-19(11-18)14-30-10-8-27-17-30/h1,3-4,6-8,10-12,17,21H,2,5,9,13-16H2,(H,28,31). The molecule has 3 aromatic rings. The van der Waals surface area contributed by atoms with Gasteiger partial charge < -0.3 is 9.88 Å². The molecule has 7 heteroatoms. The molecule has 1 atom stereocenters. The highest BCUT2D eigenvalue weighted by Crippen LogP contribution is 2.25. The van der Waals surface area contributed by atoms with Crippen molar-refractivity contribution in [1.29, 1.82) is 0 Å². The highest BCUT2D eigenvalue weighted by atomic mass is 35.5. The molecule has 2 heterocycles. The highest BCUT2D eigenvalue weighted by Gasteiger charge is 2.26. The van der Waals surface area contributed by atoms with Crippen molar-refractivity contribution in [3.8, 4) is 0 Å². The topological polar surface area (TPSA) is 50.2 Å². The van der Waals surface area contributed by atoms with Crippen molar-refractivity contribution in [2.24, 2.45) is 5.92 Å². The monoisotopic (exact) mass is 456 g/mol. The number of nitrogens with one attached hydrogen (secondary N) is 1. The van der Waals surface area contributed by atoms with E-state index in [9.17, 15) is 4.79 Å². The van der Waals surface area contributed by atoms with Gasteiger partial charge in [0, 0.05) is 48.6 Å². The fraction of sp³-hybridized carbons (Fsp3) is 0.333. The number of carbonyl (C=O) groups excluding carboxylic acids is 1. The van der Waals surface area contributed by atoms with Crippen LogP contribution in [-0.2, 0) is 24.4 Å². The summed E-state index contributed by atoms with van der Waals surface area (Å²) in [6, 6.07) is 13.9. The van der Waals surface area contributed by atoms with Gasteiger partial charge in [-0.3, -0.25) is 9.69 Å². The Kier molecular flexibility index (Phi) is 7.28. The van der Waals surface area contributed by atoms with Gasteiger partial charge in [-0.2, -0.15) is 0 Å². The van der Waals surface area contributed by atoms with E-state index in [1.165, 1.54) is 5.56 Å². The summed E-state index contributed by atoms with van der Waals surface area (Å²) in [5, 5.41) is 4.44. The van der Waals surface area contributed by atoms with Gasteiger partial charge in [0.15, 0.2) is 0 Å². The zero-order valence-electron chi connectivity index (χ0n) is 17.3. The van der Waals surface area contributed by atoms with Gasteiger partial charge in [-0.25, -0.2) is 4.98 Å². The lowest BCUT2D eigenvalue weighted by Crippen LogP contribution is -2.42. The minimum Gasteiger partial charge on any atom is -0.352 e. The number of carbonyl (C=O) groups is 1. The number of aromatic nitrogens is 2. The average molecular weight is 457 g/mol. The minimum atomic E-state index is -0.00560. The molecule has 4 rings (SSSR count). The first-order valence-corrected chi connectivity index (χ1v) is 11.3. The van der Waals surface area contributed by atoms with Crippen LogP contribution in [0.15, 0.2) is 61.2 Å². The van der Waals surface area contributed by atoms with E-state index in [1.54, 1.807) is 18.6 Å². The predicted molar refractivity (Wildman–Crippen MR) is 124 cm³/mol. The fourth-order valence-corrected chi connectivity index (χ4v) is 4.53. The third-order valence-corrected chi connectivity index (χ3v) is 6.25. The Morgan fingerprint density at radius 3 is 2.81 bits per heavy atom. The minimum absolute atomic E-state index is 0.00560. The summed E-state index contributed by atoms with van der Waals surface area (Å²) in [7, 11) is 0. The second-order valence-electron chi connectivity index (χ2n) is 8.08. The molecule has 0 aliphatic carbocycles. The number of halogens is 2. The maximum absolute atomic E-state index is 12.8. The van der Waals surface area contributed by atoms with Crippen LogP contribution in [-0.4, -0.2) is 33.4 Å². The van der Waals surface area contributed by atoms with Gasteiger partial charge in [0.25, 0.3) is 0 Å². The van der Waals surface area contributed by atoms with E-state index in [0.29, 0.717) is 16.6 Å². The Balaban J connectivity index is 1.30. The summed E-state index contributed by atoms with van der Waals surface area (Å²) in [4.78, 5) is 19.2. The van der Waals surface area contributed by atoms with Crippen LogP contribution in [0, 0.1) is 5.92 Å². The van der Waals surface area contributed by atoms with E-state index in [-0.39, 0.29) is 11.8 Å². The smallest absolute Gasteiger partial charge is 0.224 e. The molecule has 0 saturated carbocycles. The first kappa shape index (κ1) is 21.9. The zero-order chi connectivity index (χ0) is 21.6. The summed E-state index contributed by atoms with van der Waals surface area (Å²) >= 11 is 12.3. The van der Waals surface area contributed by atoms with Crippen molar-refractivity contribution in [1.82, 2.24) is 19.8 Å². The average Bonchev–Trinajstić information content (AvgIpc) is 3.27. The van der Waals surface area contributed by atoms with Gasteiger partial charge in [0.2, 0.25) is 5.91 Å². The molecular formula is C24H26Cl2N4O. The molecule has 1 unspecified atom stereocenters. The van der Waals surface area contributed by atoms with Crippen LogP contribution < -0.4 is 5.32 Å². The number of hydrogen-bond acceptors (Lipinski definition) is 3. The van der Waals surface area contributed by atoms with E-state index >= 15 is 0 Å². The maximum atomic E-state index is 12.8. The van der Waals surface area contributed by atoms with E-state index in [1.807, 2.05) is 35.0 Å². The van der Waals surface area contributed by atoms with Gasteiger partial charge >= 0.3 is 0 Å². The largest absolute Gasteiger partial charge is 0.352 e. The number of hydrogen-bond donors (Lipinski definition) is 1. The first-order chi connectivity index (χ1) is 15.1. The van der Waals surface area contributed by atoms with Crippen molar-refractivity contribution in [2.75, 3.05) is 13.1 Å². The molecule has 162 valence electrons. The van der Waals surface area contributed by atoms with Crippen molar-refractivity contribution < 1.29 is 4.79 Å². The third kappa shape index (κ3) is 6.10. The molecule has 0 radical (unpaired) electrons. The zero-order valence-corrected chi connectivity index (χ0v) is 18.8. The van der Waals surface area contributed by atoms with Gasteiger partial charge in [-0.15, -0.1) is 0 Å². The predicted octanol–water partition coefficient (Wildman–Crippen LogP) is 4.77. The molecule has 1 aliphatic rings. The quantitative estimate of drug-likeness (QED) is 0.556. The maximum Gasteiger partial charge on any atom is 0.224 e. The second-order valence-corrected chi connectivity index (χ2v) is 8.93. The lowest BCUT2D eigenvalue weighted by molar-refractivity contribution is -0.126.